The lowest BCUT2D eigenvalue weighted by atomic mass is 10.0. The molecule has 0 saturated carbocycles. The molecule has 0 aromatic heterocycles. The first-order valence-electron chi connectivity index (χ1n) is 45.0. The Balaban J connectivity index is 5.24. The molecule has 0 fully saturated rings. The van der Waals surface area contributed by atoms with Crippen molar-refractivity contribution >= 4 is 39.5 Å². The number of carbonyl (C=O) groups is 4. The third kappa shape index (κ3) is 80.1. The monoisotopic (exact) mass is 1550 g/mol. The Morgan fingerprint density at radius 2 is 0.434 bits per heavy atom. The minimum Gasteiger partial charge on any atom is -0.462 e. The molecule has 3 N–H and O–H groups in total. The molecule has 0 heterocycles. The highest BCUT2D eigenvalue weighted by atomic mass is 31.2. The molecule has 106 heavy (non-hydrogen) atoms. The lowest BCUT2D eigenvalue weighted by molar-refractivity contribution is -0.161. The van der Waals surface area contributed by atoms with Crippen molar-refractivity contribution in [1.82, 2.24) is 0 Å². The van der Waals surface area contributed by atoms with Gasteiger partial charge in [0.2, 0.25) is 0 Å². The summed E-state index contributed by atoms with van der Waals surface area (Å²) in [4.78, 5) is 73.3. The Hall–Kier alpha value is -1.94. The maximum Gasteiger partial charge on any atom is 0.472 e. The molecule has 17 nitrogen and oxygen atoms in total. The van der Waals surface area contributed by atoms with Gasteiger partial charge in [-0.25, -0.2) is 9.13 Å². The van der Waals surface area contributed by atoms with E-state index < -0.39 is 97.5 Å². The number of aliphatic hydroxyl groups excluding tert-OH is 1. The van der Waals surface area contributed by atoms with Crippen LogP contribution in [0.25, 0.3) is 0 Å². The van der Waals surface area contributed by atoms with E-state index in [-0.39, 0.29) is 25.7 Å². The second-order valence-corrected chi connectivity index (χ2v) is 35.1. The van der Waals surface area contributed by atoms with E-state index in [4.69, 9.17) is 37.0 Å². The SMILES string of the molecule is CCCCCCCCCCCCCCCCCCCCCCC(=O)OC[C@H](COP(=O)(O)OC[C@@H](O)COP(=O)(O)OC[C@@H](COC(=O)CCCCCCCCCCCCC(C)C)OC(=O)CCCCCCCCCCCCC(C)C)OC(=O)CCCCCCCCCCCCCCCCCCCCCC. The van der Waals surface area contributed by atoms with Gasteiger partial charge in [0, 0.05) is 25.7 Å². The summed E-state index contributed by atoms with van der Waals surface area (Å²) >= 11 is 0. The number of phosphoric acid groups is 2. The lowest BCUT2D eigenvalue weighted by Gasteiger charge is -2.21. The molecule has 630 valence electrons. The number of ether oxygens (including phenoxy) is 4. The van der Waals surface area contributed by atoms with E-state index in [2.05, 4.69) is 41.5 Å². The van der Waals surface area contributed by atoms with Gasteiger partial charge in [-0.15, -0.1) is 0 Å². The fraction of sp³-hybridized carbons (Fsp3) is 0.954. The Kier molecular flexibility index (Phi) is 76.9. The van der Waals surface area contributed by atoms with Crippen molar-refractivity contribution in [1.29, 1.82) is 0 Å². The predicted molar refractivity (Wildman–Crippen MR) is 437 cm³/mol. The van der Waals surface area contributed by atoms with Gasteiger partial charge in [0.05, 0.1) is 26.4 Å². The summed E-state index contributed by atoms with van der Waals surface area (Å²) in [5, 5.41) is 10.7. The van der Waals surface area contributed by atoms with Crippen LogP contribution >= 0.6 is 15.6 Å². The Morgan fingerprint density at radius 3 is 0.642 bits per heavy atom. The van der Waals surface area contributed by atoms with Gasteiger partial charge in [0.15, 0.2) is 12.2 Å². The topological polar surface area (TPSA) is 237 Å². The van der Waals surface area contributed by atoms with Gasteiger partial charge < -0.3 is 33.8 Å². The van der Waals surface area contributed by atoms with Crippen molar-refractivity contribution in [3.8, 4) is 0 Å². The lowest BCUT2D eigenvalue weighted by Crippen LogP contribution is -2.30. The van der Waals surface area contributed by atoms with Crippen LogP contribution in [0.5, 0.6) is 0 Å². The van der Waals surface area contributed by atoms with Crippen molar-refractivity contribution in [2.24, 2.45) is 11.8 Å². The zero-order valence-electron chi connectivity index (χ0n) is 69.7. The minimum atomic E-state index is -4.97. The molecule has 0 aromatic carbocycles. The van der Waals surface area contributed by atoms with Crippen LogP contribution in [0, 0.1) is 11.8 Å². The zero-order valence-corrected chi connectivity index (χ0v) is 71.5. The fourth-order valence-corrected chi connectivity index (χ4v) is 15.2. The quantitative estimate of drug-likeness (QED) is 0.0222. The normalized spacial score (nSPS) is 13.8. The van der Waals surface area contributed by atoms with Gasteiger partial charge in [-0.3, -0.25) is 37.3 Å². The molecule has 0 aliphatic heterocycles. The summed E-state index contributed by atoms with van der Waals surface area (Å²) in [7, 11) is -9.93. The summed E-state index contributed by atoms with van der Waals surface area (Å²) < 4.78 is 68.9. The average molecular weight is 1550 g/mol. The van der Waals surface area contributed by atoms with E-state index in [1.807, 2.05) is 0 Å². The number of hydrogen-bond donors (Lipinski definition) is 3. The maximum absolute atomic E-state index is 13.2. The van der Waals surface area contributed by atoms with E-state index in [1.54, 1.807) is 0 Å². The summed E-state index contributed by atoms with van der Waals surface area (Å²) in [6, 6.07) is 0. The van der Waals surface area contributed by atoms with Crippen LogP contribution in [-0.4, -0.2) is 96.7 Å². The number of phosphoric ester groups is 2. The zero-order chi connectivity index (χ0) is 77.8. The van der Waals surface area contributed by atoms with E-state index in [9.17, 15) is 43.2 Å². The molecule has 0 spiro atoms. The van der Waals surface area contributed by atoms with Gasteiger partial charge in [0.1, 0.15) is 19.3 Å². The van der Waals surface area contributed by atoms with Gasteiger partial charge in [-0.1, -0.05) is 414 Å². The molecule has 0 bridgehead atoms. The van der Waals surface area contributed by atoms with Crippen LogP contribution in [0.15, 0.2) is 0 Å². The predicted octanol–water partition coefficient (Wildman–Crippen LogP) is 26.6. The summed E-state index contributed by atoms with van der Waals surface area (Å²) in [6.45, 7) is 9.66. The highest BCUT2D eigenvalue weighted by Gasteiger charge is 2.30. The first-order valence-corrected chi connectivity index (χ1v) is 48.0. The summed E-state index contributed by atoms with van der Waals surface area (Å²) in [5.74, 6) is -0.591. The highest BCUT2D eigenvalue weighted by molar-refractivity contribution is 7.47. The Bertz CT molecular complexity index is 2030. The van der Waals surface area contributed by atoms with Crippen molar-refractivity contribution in [3.63, 3.8) is 0 Å². The molecule has 0 radical (unpaired) electrons. The van der Waals surface area contributed by atoms with Crippen molar-refractivity contribution in [3.05, 3.63) is 0 Å². The second-order valence-electron chi connectivity index (χ2n) is 32.2. The van der Waals surface area contributed by atoms with Crippen LogP contribution in [-0.2, 0) is 65.4 Å². The van der Waals surface area contributed by atoms with E-state index in [1.165, 1.54) is 283 Å². The van der Waals surface area contributed by atoms with Gasteiger partial charge in [-0.05, 0) is 37.5 Å². The van der Waals surface area contributed by atoms with Crippen molar-refractivity contribution < 1.29 is 80.2 Å². The molecule has 5 atom stereocenters. The molecule has 2 unspecified atom stereocenters. The molecule has 19 heteroatoms. The standard InChI is InChI=1S/C87H170O17P2/c1-7-9-11-13-15-17-19-21-23-25-27-29-31-33-35-37-45-51-57-63-69-84(89)97-75-82(103-86(91)71-65-59-53-47-38-36-34-32-30-28-26-24-22-20-18-16-14-12-10-8-2)77-101-105(93,94)99-73-81(88)74-100-106(95,96)102-78-83(104-87(92)72-66-60-54-48-42-40-44-50-56-62-68-80(5)6)76-98-85(90)70-64-58-52-46-41-39-43-49-55-61-67-79(3)4/h79-83,88H,7-78H2,1-6H3,(H,93,94)(H,95,96)/t81-,82-,83-/m1/s1. The molecule has 0 amide bonds. The van der Waals surface area contributed by atoms with Gasteiger partial charge in [0.25, 0.3) is 0 Å². The molecule has 0 saturated heterocycles. The molecular weight excluding hydrogens is 1380 g/mol. The largest absolute Gasteiger partial charge is 0.472 e. The number of carbonyl (C=O) groups excluding carboxylic acids is 4. The second kappa shape index (κ2) is 78.3. The summed E-state index contributed by atoms with van der Waals surface area (Å²) in [6.07, 6.45) is 70.9. The van der Waals surface area contributed by atoms with Crippen LogP contribution in [0.3, 0.4) is 0 Å². The van der Waals surface area contributed by atoms with Crippen molar-refractivity contribution in [2.75, 3.05) is 39.6 Å². The van der Waals surface area contributed by atoms with Gasteiger partial charge >= 0.3 is 39.5 Å². The first-order chi connectivity index (χ1) is 51.4. The van der Waals surface area contributed by atoms with E-state index in [0.717, 1.165) is 102 Å². The maximum atomic E-state index is 13.2. The number of esters is 4. The summed E-state index contributed by atoms with van der Waals surface area (Å²) in [5.41, 5.74) is 0. The minimum absolute atomic E-state index is 0.106. The third-order valence-corrected chi connectivity index (χ3v) is 22.4. The third-order valence-electron chi connectivity index (χ3n) is 20.5. The average Bonchev–Trinajstić information content (AvgIpc) is 0.847. The number of aliphatic hydroxyl groups is 1. The molecule has 0 aliphatic rings. The van der Waals surface area contributed by atoms with Crippen LogP contribution in [0.2, 0.25) is 0 Å². The van der Waals surface area contributed by atoms with E-state index >= 15 is 0 Å². The van der Waals surface area contributed by atoms with Crippen LogP contribution in [0.1, 0.15) is 465 Å². The number of hydrogen-bond acceptors (Lipinski definition) is 15. The van der Waals surface area contributed by atoms with Crippen LogP contribution in [0.4, 0.5) is 0 Å². The molecule has 0 rings (SSSR count). The number of rotatable bonds is 86. The molecule has 0 aliphatic carbocycles. The Morgan fingerprint density at radius 1 is 0.255 bits per heavy atom. The van der Waals surface area contributed by atoms with Crippen LogP contribution < -0.4 is 0 Å². The number of unbranched alkanes of at least 4 members (excludes halogenated alkanes) is 56. The fourth-order valence-electron chi connectivity index (χ4n) is 13.6. The van der Waals surface area contributed by atoms with Crippen molar-refractivity contribution in [2.45, 2.75) is 484 Å². The molecular formula is C87H170O17P2. The van der Waals surface area contributed by atoms with Gasteiger partial charge in [-0.2, -0.15) is 0 Å². The first kappa shape index (κ1) is 104. The Labute approximate surface area is 651 Å². The molecule has 0 aromatic rings. The van der Waals surface area contributed by atoms with E-state index in [0.29, 0.717) is 25.7 Å². The smallest absolute Gasteiger partial charge is 0.462 e. The highest BCUT2D eigenvalue weighted by Crippen LogP contribution is 2.45.